The lowest BCUT2D eigenvalue weighted by molar-refractivity contribution is -0.136. The van der Waals surface area contributed by atoms with E-state index in [1.807, 2.05) is 26.0 Å². The summed E-state index contributed by atoms with van der Waals surface area (Å²) in [5.41, 5.74) is 0. The quantitative estimate of drug-likeness (QED) is 0.696. The molecule has 0 saturated heterocycles. The molecule has 0 atom stereocenters. The van der Waals surface area contributed by atoms with Crippen molar-refractivity contribution >= 4 is 37.8 Å². The zero-order valence-corrected chi connectivity index (χ0v) is 15.5. The van der Waals surface area contributed by atoms with Gasteiger partial charge in [-0.1, -0.05) is 29.8 Å². The van der Waals surface area contributed by atoms with Crippen molar-refractivity contribution in [1.82, 2.24) is 4.90 Å². The number of aliphatic hydroxyl groups is 1. The van der Waals surface area contributed by atoms with E-state index in [1.165, 1.54) is 0 Å². The summed E-state index contributed by atoms with van der Waals surface area (Å²) in [6.45, 7) is 4.35. The van der Waals surface area contributed by atoms with Crippen LogP contribution in [0.15, 0.2) is 27.1 Å². The predicted octanol–water partition coefficient (Wildman–Crippen LogP) is 3.60. The van der Waals surface area contributed by atoms with E-state index in [9.17, 15) is 4.79 Å². The number of aliphatic hydroxyl groups excluding tert-OH is 1. The average molecular weight is 423 g/mol. The summed E-state index contributed by atoms with van der Waals surface area (Å²) in [5, 5.41) is 9.14. The number of hydrogen-bond donors (Lipinski definition) is 1. The average Bonchev–Trinajstić information content (AvgIpc) is 2.46. The zero-order chi connectivity index (χ0) is 15.8. The van der Waals surface area contributed by atoms with Crippen LogP contribution in [0, 0.1) is 0 Å². The summed E-state index contributed by atoms with van der Waals surface area (Å²) >= 11 is 6.77. The molecule has 1 rings (SSSR count). The predicted molar refractivity (Wildman–Crippen MR) is 90.5 cm³/mol. The van der Waals surface area contributed by atoms with Gasteiger partial charge in [0.05, 0.1) is 11.1 Å². The Hall–Kier alpha value is -0.590. The Labute approximate surface area is 142 Å². The standard InChI is InChI=1S/C15H21Br2NO3/c1-3-12(4-2)18(7-8-19)15(20)10-21-14-6-5-11(16)9-13(14)17/h5-6,9,12,19H,3-4,7-8,10H2,1-2H3. The molecule has 0 spiro atoms. The highest BCUT2D eigenvalue weighted by Gasteiger charge is 2.21. The Morgan fingerprint density at radius 3 is 2.52 bits per heavy atom. The lowest BCUT2D eigenvalue weighted by Crippen LogP contribution is -2.44. The van der Waals surface area contributed by atoms with E-state index >= 15 is 0 Å². The SMILES string of the molecule is CCC(CC)N(CCO)C(=O)COc1ccc(Br)cc1Br. The van der Waals surface area contributed by atoms with Gasteiger partial charge in [-0.15, -0.1) is 0 Å². The van der Waals surface area contributed by atoms with Gasteiger partial charge in [-0.3, -0.25) is 4.79 Å². The van der Waals surface area contributed by atoms with E-state index in [0.29, 0.717) is 12.3 Å². The Kier molecular flexibility index (Phi) is 8.29. The molecule has 118 valence electrons. The highest BCUT2D eigenvalue weighted by atomic mass is 79.9. The second kappa shape index (κ2) is 9.43. The molecule has 1 amide bonds. The number of carbonyl (C=O) groups is 1. The monoisotopic (exact) mass is 421 g/mol. The first-order chi connectivity index (χ1) is 10.0. The lowest BCUT2D eigenvalue weighted by atomic mass is 10.1. The molecule has 1 aromatic carbocycles. The van der Waals surface area contributed by atoms with Crippen LogP contribution in [-0.4, -0.2) is 41.7 Å². The van der Waals surface area contributed by atoms with Crippen LogP contribution in [0.3, 0.4) is 0 Å². The largest absolute Gasteiger partial charge is 0.483 e. The minimum absolute atomic E-state index is 0.0310. The first-order valence-electron chi connectivity index (χ1n) is 7.01. The van der Waals surface area contributed by atoms with Crippen molar-refractivity contribution in [3.05, 3.63) is 27.1 Å². The number of nitrogens with zero attached hydrogens (tertiary/aromatic N) is 1. The fourth-order valence-electron chi connectivity index (χ4n) is 2.16. The number of rotatable bonds is 8. The Morgan fingerprint density at radius 1 is 1.33 bits per heavy atom. The minimum atomic E-state index is -0.104. The molecular formula is C15H21Br2NO3. The molecule has 0 radical (unpaired) electrons. The van der Waals surface area contributed by atoms with Gasteiger partial charge >= 0.3 is 0 Å². The lowest BCUT2D eigenvalue weighted by Gasteiger charge is -2.30. The molecule has 0 aliphatic heterocycles. The number of carbonyl (C=O) groups excluding carboxylic acids is 1. The molecule has 0 aromatic heterocycles. The van der Waals surface area contributed by atoms with Crippen LogP contribution in [0.5, 0.6) is 5.75 Å². The summed E-state index contributed by atoms with van der Waals surface area (Å²) in [4.78, 5) is 14.0. The zero-order valence-electron chi connectivity index (χ0n) is 12.3. The van der Waals surface area contributed by atoms with Gasteiger partial charge in [0.15, 0.2) is 6.61 Å². The number of hydrogen-bond acceptors (Lipinski definition) is 3. The van der Waals surface area contributed by atoms with Crippen molar-refractivity contribution in [2.45, 2.75) is 32.7 Å². The Balaban J connectivity index is 2.68. The second-order valence-corrected chi connectivity index (χ2v) is 6.41. The number of ether oxygens (including phenoxy) is 1. The van der Waals surface area contributed by atoms with E-state index in [2.05, 4.69) is 31.9 Å². The molecule has 0 heterocycles. The Morgan fingerprint density at radius 2 is 2.00 bits per heavy atom. The van der Waals surface area contributed by atoms with Gasteiger partial charge in [-0.05, 0) is 47.0 Å². The van der Waals surface area contributed by atoms with E-state index in [0.717, 1.165) is 21.8 Å². The van der Waals surface area contributed by atoms with Crippen LogP contribution >= 0.6 is 31.9 Å². The summed E-state index contributed by atoms with van der Waals surface area (Å²) < 4.78 is 7.31. The normalized spacial score (nSPS) is 10.8. The van der Waals surface area contributed by atoms with Gasteiger partial charge < -0.3 is 14.7 Å². The Bertz CT molecular complexity index is 464. The molecule has 0 aliphatic rings. The van der Waals surface area contributed by atoms with Gasteiger partial charge in [-0.25, -0.2) is 0 Å². The van der Waals surface area contributed by atoms with Gasteiger partial charge in [0.1, 0.15) is 5.75 Å². The van der Waals surface area contributed by atoms with Gasteiger partial charge in [0.25, 0.3) is 5.91 Å². The van der Waals surface area contributed by atoms with Gasteiger partial charge in [0.2, 0.25) is 0 Å². The summed E-state index contributed by atoms with van der Waals surface area (Å²) in [7, 11) is 0. The molecule has 21 heavy (non-hydrogen) atoms. The second-order valence-electron chi connectivity index (χ2n) is 4.64. The van der Waals surface area contributed by atoms with Crippen molar-refractivity contribution < 1.29 is 14.6 Å². The topological polar surface area (TPSA) is 49.8 Å². The maximum atomic E-state index is 12.3. The number of amides is 1. The number of halogens is 2. The molecule has 0 saturated carbocycles. The fourth-order valence-corrected chi connectivity index (χ4v) is 3.32. The van der Waals surface area contributed by atoms with Crippen LogP contribution in [0.2, 0.25) is 0 Å². The van der Waals surface area contributed by atoms with E-state index in [-0.39, 0.29) is 25.2 Å². The van der Waals surface area contributed by atoms with Gasteiger partial charge in [0, 0.05) is 17.1 Å². The van der Waals surface area contributed by atoms with Crippen LogP contribution in [0.4, 0.5) is 0 Å². The highest BCUT2D eigenvalue weighted by Crippen LogP contribution is 2.28. The van der Waals surface area contributed by atoms with Crippen LogP contribution in [0.1, 0.15) is 26.7 Å². The molecule has 0 aliphatic carbocycles. The molecule has 6 heteroatoms. The van der Waals surface area contributed by atoms with Crippen molar-refractivity contribution in [3.63, 3.8) is 0 Å². The minimum Gasteiger partial charge on any atom is -0.483 e. The van der Waals surface area contributed by atoms with Crippen molar-refractivity contribution in [1.29, 1.82) is 0 Å². The smallest absolute Gasteiger partial charge is 0.260 e. The first kappa shape index (κ1) is 18.5. The number of benzene rings is 1. The van der Waals surface area contributed by atoms with E-state index < -0.39 is 0 Å². The first-order valence-corrected chi connectivity index (χ1v) is 8.60. The maximum absolute atomic E-state index is 12.3. The fraction of sp³-hybridized carbons (Fsp3) is 0.533. The van der Waals surface area contributed by atoms with Crippen LogP contribution in [-0.2, 0) is 4.79 Å². The molecule has 0 bridgehead atoms. The maximum Gasteiger partial charge on any atom is 0.260 e. The molecule has 1 N–H and O–H groups in total. The highest BCUT2D eigenvalue weighted by molar-refractivity contribution is 9.11. The third-order valence-electron chi connectivity index (χ3n) is 3.29. The molecular weight excluding hydrogens is 402 g/mol. The molecule has 1 aromatic rings. The van der Waals surface area contributed by atoms with Crippen molar-refractivity contribution in [2.75, 3.05) is 19.8 Å². The summed E-state index contributed by atoms with van der Waals surface area (Å²) in [6, 6.07) is 5.67. The molecule has 0 unspecified atom stereocenters. The third-order valence-corrected chi connectivity index (χ3v) is 4.40. The third kappa shape index (κ3) is 5.60. The van der Waals surface area contributed by atoms with Gasteiger partial charge in [-0.2, -0.15) is 0 Å². The summed E-state index contributed by atoms with van der Waals surface area (Å²) in [5.74, 6) is 0.521. The van der Waals surface area contributed by atoms with E-state index in [4.69, 9.17) is 9.84 Å². The molecule has 0 fully saturated rings. The molecule has 4 nitrogen and oxygen atoms in total. The van der Waals surface area contributed by atoms with Crippen LogP contribution in [0.25, 0.3) is 0 Å². The van der Waals surface area contributed by atoms with Crippen molar-refractivity contribution in [3.8, 4) is 5.75 Å². The van der Waals surface area contributed by atoms with E-state index in [1.54, 1.807) is 11.0 Å². The summed E-state index contributed by atoms with van der Waals surface area (Å²) in [6.07, 6.45) is 1.73. The van der Waals surface area contributed by atoms with Crippen molar-refractivity contribution in [2.24, 2.45) is 0 Å². The van der Waals surface area contributed by atoms with Crippen LogP contribution < -0.4 is 4.74 Å².